The summed E-state index contributed by atoms with van der Waals surface area (Å²) in [5.74, 6) is -0.117. The van der Waals surface area contributed by atoms with Crippen LogP contribution in [0.25, 0.3) is 0 Å². The predicted molar refractivity (Wildman–Crippen MR) is 62.2 cm³/mol. The van der Waals surface area contributed by atoms with Crippen molar-refractivity contribution in [3.8, 4) is 0 Å². The van der Waals surface area contributed by atoms with E-state index >= 15 is 0 Å². The van der Waals surface area contributed by atoms with Gasteiger partial charge in [0.15, 0.2) is 11.5 Å². The summed E-state index contributed by atoms with van der Waals surface area (Å²) in [5.41, 5.74) is 5.36. The minimum absolute atomic E-state index is 0.186. The lowest BCUT2D eigenvalue weighted by Gasteiger charge is -2.07. The lowest BCUT2D eigenvalue weighted by atomic mass is 10.3. The predicted octanol–water partition coefficient (Wildman–Crippen LogP) is -0.0130. The summed E-state index contributed by atoms with van der Waals surface area (Å²) in [7, 11) is 0. The van der Waals surface area contributed by atoms with Crippen LogP contribution in [0.5, 0.6) is 0 Å². The Kier molecular flexibility index (Phi) is 5.21. The first kappa shape index (κ1) is 12.4. The van der Waals surface area contributed by atoms with Crippen LogP contribution in [-0.4, -0.2) is 35.5 Å². The second kappa shape index (κ2) is 6.73. The lowest BCUT2D eigenvalue weighted by molar-refractivity contribution is 0.0996. The zero-order valence-corrected chi connectivity index (χ0v) is 9.36. The Morgan fingerprint density at radius 3 is 2.81 bits per heavy atom. The Bertz CT molecular complexity index is 342. The second-order valence-corrected chi connectivity index (χ2v) is 3.25. The van der Waals surface area contributed by atoms with E-state index in [2.05, 4.69) is 27.5 Å². The number of nitrogens with two attached hydrogens (primary N) is 1. The summed E-state index contributed by atoms with van der Waals surface area (Å²) in [6.45, 7) is 4.67. The van der Waals surface area contributed by atoms with E-state index in [0.29, 0.717) is 5.82 Å². The first-order valence-corrected chi connectivity index (χ1v) is 5.31. The van der Waals surface area contributed by atoms with Gasteiger partial charge in [-0.05, 0) is 19.5 Å². The van der Waals surface area contributed by atoms with Crippen molar-refractivity contribution in [2.24, 2.45) is 5.73 Å². The van der Waals surface area contributed by atoms with E-state index in [1.807, 2.05) is 0 Å². The Hall–Kier alpha value is -1.69. The highest BCUT2D eigenvalue weighted by Crippen LogP contribution is 2.06. The van der Waals surface area contributed by atoms with Gasteiger partial charge >= 0.3 is 0 Å². The zero-order chi connectivity index (χ0) is 11.8. The molecule has 1 aromatic rings. The van der Waals surface area contributed by atoms with Gasteiger partial charge in [-0.25, -0.2) is 9.97 Å². The zero-order valence-electron chi connectivity index (χ0n) is 9.36. The Morgan fingerprint density at radius 2 is 2.12 bits per heavy atom. The van der Waals surface area contributed by atoms with Gasteiger partial charge in [0, 0.05) is 18.9 Å². The molecule has 0 bridgehead atoms. The van der Waals surface area contributed by atoms with Crippen molar-refractivity contribution in [1.29, 1.82) is 0 Å². The van der Waals surface area contributed by atoms with Crippen LogP contribution in [-0.2, 0) is 0 Å². The van der Waals surface area contributed by atoms with Gasteiger partial charge in [-0.2, -0.15) is 0 Å². The van der Waals surface area contributed by atoms with Crippen LogP contribution in [0.1, 0.15) is 23.8 Å². The Morgan fingerprint density at radius 1 is 1.38 bits per heavy atom. The molecule has 0 spiro atoms. The van der Waals surface area contributed by atoms with Crippen LogP contribution < -0.4 is 16.4 Å². The van der Waals surface area contributed by atoms with Crippen LogP contribution in [0, 0.1) is 0 Å². The van der Waals surface area contributed by atoms with E-state index in [1.165, 1.54) is 12.4 Å². The second-order valence-electron chi connectivity index (χ2n) is 3.25. The summed E-state index contributed by atoms with van der Waals surface area (Å²) in [6.07, 6.45) is 3.92. The molecule has 1 heterocycles. The van der Waals surface area contributed by atoms with E-state index in [9.17, 15) is 4.79 Å². The van der Waals surface area contributed by atoms with Crippen molar-refractivity contribution in [3.05, 3.63) is 18.1 Å². The molecule has 0 aliphatic carbocycles. The molecule has 4 N–H and O–H groups in total. The van der Waals surface area contributed by atoms with Gasteiger partial charge in [-0.3, -0.25) is 4.79 Å². The fraction of sp³-hybridized carbons (Fsp3) is 0.500. The smallest absolute Gasteiger partial charge is 0.271 e. The molecule has 0 atom stereocenters. The maximum Gasteiger partial charge on any atom is 0.271 e. The van der Waals surface area contributed by atoms with Gasteiger partial charge in [0.2, 0.25) is 0 Å². The third-order valence-electron chi connectivity index (χ3n) is 2.00. The van der Waals surface area contributed by atoms with E-state index in [0.717, 1.165) is 26.1 Å². The van der Waals surface area contributed by atoms with Gasteiger partial charge in [0.25, 0.3) is 5.91 Å². The van der Waals surface area contributed by atoms with Crippen LogP contribution in [0.4, 0.5) is 5.82 Å². The normalized spacial score (nSPS) is 10.1. The first-order valence-electron chi connectivity index (χ1n) is 5.31. The number of rotatable bonds is 7. The fourth-order valence-electron chi connectivity index (χ4n) is 1.24. The maximum absolute atomic E-state index is 11.0. The van der Waals surface area contributed by atoms with Crippen LogP contribution >= 0.6 is 0 Å². The van der Waals surface area contributed by atoms with E-state index in [4.69, 9.17) is 5.73 Å². The highest BCUT2D eigenvalue weighted by Gasteiger charge is 2.09. The monoisotopic (exact) mass is 223 g/mol. The summed E-state index contributed by atoms with van der Waals surface area (Å²) in [4.78, 5) is 18.9. The number of aromatic nitrogens is 2. The Labute approximate surface area is 94.7 Å². The van der Waals surface area contributed by atoms with Crippen molar-refractivity contribution < 1.29 is 4.79 Å². The topological polar surface area (TPSA) is 92.9 Å². The molecule has 1 aromatic heterocycles. The molecule has 6 heteroatoms. The fourth-order valence-corrected chi connectivity index (χ4v) is 1.24. The number of nitrogens with one attached hydrogen (secondary N) is 2. The standard InChI is InChI=1S/C10H17N5O/c1-2-12-4-3-5-14-10-8(9(11)16)13-6-7-15-10/h6-7,12H,2-5H2,1H3,(H2,11,16)(H,14,15). The summed E-state index contributed by atoms with van der Waals surface area (Å²) in [5, 5.41) is 6.24. The average Bonchev–Trinajstić information content (AvgIpc) is 2.29. The molecule has 0 unspecified atom stereocenters. The molecule has 0 aromatic carbocycles. The average molecular weight is 223 g/mol. The molecule has 0 aliphatic rings. The molecular weight excluding hydrogens is 206 g/mol. The summed E-state index contributed by atoms with van der Waals surface area (Å²) in [6, 6.07) is 0. The lowest BCUT2D eigenvalue weighted by Crippen LogP contribution is -2.20. The number of carbonyl (C=O) groups excluding carboxylic acids is 1. The molecule has 0 saturated carbocycles. The number of hydrogen-bond acceptors (Lipinski definition) is 5. The molecule has 0 radical (unpaired) electrons. The van der Waals surface area contributed by atoms with E-state index in [1.54, 1.807) is 0 Å². The van der Waals surface area contributed by atoms with Gasteiger partial charge in [0.05, 0.1) is 0 Å². The third-order valence-corrected chi connectivity index (χ3v) is 2.00. The van der Waals surface area contributed by atoms with Crippen molar-refractivity contribution in [2.45, 2.75) is 13.3 Å². The van der Waals surface area contributed by atoms with Gasteiger partial charge < -0.3 is 16.4 Å². The minimum Gasteiger partial charge on any atom is -0.368 e. The highest BCUT2D eigenvalue weighted by molar-refractivity contribution is 5.95. The summed E-state index contributed by atoms with van der Waals surface area (Å²) < 4.78 is 0. The molecule has 0 fully saturated rings. The van der Waals surface area contributed by atoms with Crippen LogP contribution in [0.2, 0.25) is 0 Å². The quantitative estimate of drug-likeness (QED) is 0.565. The number of nitrogens with zero attached hydrogens (tertiary/aromatic N) is 2. The number of amides is 1. The van der Waals surface area contributed by atoms with Crippen molar-refractivity contribution in [3.63, 3.8) is 0 Å². The molecule has 1 rings (SSSR count). The third kappa shape index (κ3) is 3.82. The molecular formula is C10H17N5O. The highest BCUT2D eigenvalue weighted by atomic mass is 16.1. The van der Waals surface area contributed by atoms with Crippen LogP contribution in [0.15, 0.2) is 12.4 Å². The molecule has 16 heavy (non-hydrogen) atoms. The molecule has 0 aliphatic heterocycles. The van der Waals surface area contributed by atoms with Crippen molar-refractivity contribution in [2.75, 3.05) is 25.0 Å². The first-order chi connectivity index (χ1) is 7.75. The number of anilines is 1. The van der Waals surface area contributed by atoms with Crippen molar-refractivity contribution >= 4 is 11.7 Å². The molecule has 6 nitrogen and oxygen atoms in total. The number of primary amides is 1. The van der Waals surface area contributed by atoms with Crippen LogP contribution in [0.3, 0.4) is 0 Å². The Balaban J connectivity index is 2.44. The van der Waals surface area contributed by atoms with E-state index in [-0.39, 0.29) is 5.69 Å². The van der Waals surface area contributed by atoms with Gasteiger partial charge in [-0.15, -0.1) is 0 Å². The largest absolute Gasteiger partial charge is 0.368 e. The SMILES string of the molecule is CCNCCCNc1nccnc1C(N)=O. The van der Waals surface area contributed by atoms with Gasteiger partial charge in [-0.1, -0.05) is 6.92 Å². The molecule has 0 saturated heterocycles. The number of hydrogen-bond donors (Lipinski definition) is 3. The van der Waals surface area contributed by atoms with Crippen molar-refractivity contribution in [1.82, 2.24) is 15.3 Å². The van der Waals surface area contributed by atoms with Gasteiger partial charge in [0.1, 0.15) is 0 Å². The maximum atomic E-state index is 11.0. The summed E-state index contributed by atoms with van der Waals surface area (Å²) >= 11 is 0. The minimum atomic E-state index is -0.567. The molecule has 1 amide bonds. The number of carbonyl (C=O) groups is 1. The van der Waals surface area contributed by atoms with E-state index < -0.39 is 5.91 Å². The molecule has 88 valence electrons.